The lowest BCUT2D eigenvalue weighted by Gasteiger charge is -2.02. The third kappa shape index (κ3) is 2.19. The first-order chi connectivity index (χ1) is 10.2. The van der Waals surface area contributed by atoms with E-state index in [1.54, 1.807) is 22.7 Å². The number of aromatic nitrogens is 3. The normalized spacial score (nSPS) is 11.3. The molecule has 0 saturated heterocycles. The number of rotatable bonds is 2. The van der Waals surface area contributed by atoms with E-state index in [4.69, 9.17) is 0 Å². The fraction of sp³-hybridized carbons (Fsp3) is 0.133. The highest BCUT2D eigenvalue weighted by Gasteiger charge is 2.16. The maximum atomic E-state index is 4.67. The lowest BCUT2D eigenvalue weighted by molar-refractivity contribution is 1.19. The SMILES string of the molecule is Cc1ccc(-c2ncc(-c3ccc(C)s3)c3snnc23)s1. The number of nitrogens with zero attached hydrogens (tertiary/aromatic N) is 3. The molecule has 0 N–H and O–H groups in total. The molecule has 0 radical (unpaired) electrons. The number of aryl methyl sites for hydroxylation is 2. The smallest absolute Gasteiger partial charge is 0.133 e. The van der Waals surface area contributed by atoms with Crippen LogP contribution in [0.1, 0.15) is 9.75 Å². The second kappa shape index (κ2) is 4.98. The molecule has 0 aliphatic heterocycles. The number of hydrogen-bond donors (Lipinski definition) is 0. The summed E-state index contributed by atoms with van der Waals surface area (Å²) in [6, 6.07) is 8.50. The molecule has 0 fully saturated rings. The largest absolute Gasteiger partial charge is 0.252 e. The number of pyridine rings is 1. The van der Waals surface area contributed by atoms with Gasteiger partial charge in [-0.3, -0.25) is 4.98 Å². The fourth-order valence-electron chi connectivity index (χ4n) is 2.27. The maximum Gasteiger partial charge on any atom is 0.133 e. The number of hydrogen-bond acceptors (Lipinski definition) is 6. The van der Waals surface area contributed by atoms with Crippen LogP contribution >= 0.6 is 34.2 Å². The molecule has 21 heavy (non-hydrogen) atoms. The fourth-order valence-corrected chi connectivity index (χ4v) is 4.77. The zero-order valence-corrected chi connectivity index (χ0v) is 13.9. The Labute approximate surface area is 134 Å². The molecule has 4 aromatic rings. The molecular weight excluding hydrogens is 318 g/mol. The summed E-state index contributed by atoms with van der Waals surface area (Å²) >= 11 is 4.96. The Balaban J connectivity index is 1.96. The Kier molecular flexibility index (Phi) is 3.10. The van der Waals surface area contributed by atoms with E-state index >= 15 is 0 Å². The summed E-state index contributed by atoms with van der Waals surface area (Å²) in [6.07, 6.45) is 1.96. The molecule has 3 nitrogen and oxygen atoms in total. The molecule has 4 heterocycles. The molecule has 0 saturated carbocycles. The van der Waals surface area contributed by atoms with Crippen LogP contribution in [0.3, 0.4) is 0 Å². The van der Waals surface area contributed by atoms with Crippen molar-refractivity contribution in [2.24, 2.45) is 0 Å². The maximum absolute atomic E-state index is 4.67. The van der Waals surface area contributed by atoms with Crippen molar-refractivity contribution in [1.29, 1.82) is 0 Å². The van der Waals surface area contributed by atoms with Crippen LogP contribution in [-0.4, -0.2) is 14.6 Å². The van der Waals surface area contributed by atoms with Gasteiger partial charge in [-0.2, -0.15) is 0 Å². The van der Waals surface area contributed by atoms with Gasteiger partial charge >= 0.3 is 0 Å². The van der Waals surface area contributed by atoms with Gasteiger partial charge in [-0.1, -0.05) is 4.49 Å². The monoisotopic (exact) mass is 329 g/mol. The molecule has 0 amide bonds. The highest BCUT2D eigenvalue weighted by Crippen LogP contribution is 2.38. The van der Waals surface area contributed by atoms with Crippen molar-refractivity contribution in [2.45, 2.75) is 13.8 Å². The van der Waals surface area contributed by atoms with Crippen LogP contribution in [0.4, 0.5) is 0 Å². The predicted octanol–water partition coefficient (Wildman–Crippen LogP) is 5.16. The van der Waals surface area contributed by atoms with Crippen molar-refractivity contribution in [3.63, 3.8) is 0 Å². The molecule has 0 unspecified atom stereocenters. The van der Waals surface area contributed by atoms with Crippen LogP contribution in [-0.2, 0) is 0 Å². The zero-order valence-electron chi connectivity index (χ0n) is 11.5. The molecule has 0 bridgehead atoms. The highest BCUT2D eigenvalue weighted by molar-refractivity contribution is 7.17. The summed E-state index contributed by atoms with van der Waals surface area (Å²) in [5.74, 6) is 0. The standard InChI is InChI=1S/C15H11N3S3/c1-8-3-5-11(19-8)10-7-16-13(12-6-4-9(2)20-12)14-15(10)21-18-17-14/h3-7H,1-2H3. The summed E-state index contributed by atoms with van der Waals surface area (Å²) in [5.41, 5.74) is 2.98. The molecule has 0 aliphatic carbocycles. The van der Waals surface area contributed by atoms with Gasteiger partial charge in [-0.05, 0) is 49.6 Å². The Hall–Kier alpha value is -1.63. The van der Waals surface area contributed by atoms with Crippen LogP contribution in [0.5, 0.6) is 0 Å². The molecule has 6 heteroatoms. The first kappa shape index (κ1) is 13.1. The summed E-state index contributed by atoms with van der Waals surface area (Å²) in [7, 11) is 0. The van der Waals surface area contributed by atoms with Crippen molar-refractivity contribution in [3.05, 3.63) is 40.2 Å². The minimum atomic E-state index is 0.908. The Morgan fingerprint density at radius 3 is 2.29 bits per heavy atom. The minimum absolute atomic E-state index is 0.908. The van der Waals surface area contributed by atoms with E-state index in [1.807, 2.05) is 6.20 Å². The molecule has 0 atom stereocenters. The Morgan fingerprint density at radius 2 is 1.62 bits per heavy atom. The van der Waals surface area contributed by atoms with E-state index in [9.17, 15) is 0 Å². The second-order valence-electron chi connectivity index (χ2n) is 4.79. The summed E-state index contributed by atoms with van der Waals surface area (Å²) < 4.78 is 5.27. The Morgan fingerprint density at radius 1 is 0.905 bits per heavy atom. The second-order valence-corrected chi connectivity index (χ2v) is 8.12. The minimum Gasteiger partial charge on any atom is -0.252 e. The van der Waals surface area contributed by atoms with Crippen molar-refractivity contribution in [2.75, 3.05) is 0 Å². The van der Waals surface area contributed by atoms with Crippen LogP contribution < -0.4 is 0 Å². The van der Waals surface area contributed by atoms with Gasteiger partial charge in [-0.25, -0.2) is 0 Å². The van der Waals surface area contributed by atoms with Crippen molar-refractivity contribution in [1.82, 2.24) is 14.6 Å². The molecule has 104 valence electrons. The van der Waals surface area contributed by atoms with Gasteiger partial charge in [0.2, 0.25) is 0 Å². The number of thiophene rings is 2. The third-order valence-corrected chi connectivity index (χ3v) is 6.06. The lowest BCUT2D eigenvalue weighted by atomic mass is 10.2. The van der Waals surface area contributed by atoms with Gasteiger partial charge < -0.3 is 0 Å². The molecule has 0 aromatic carbocycles. The van der Waals surface area contributed by atoms with Crippen LogP contribution in [0.25, 0.3) is 31.2 Å². The quantitative estimate of drug-likeness (QED) is 0.510. The van der Waals surface area contributed by atoms with Gasteiger partial charge in [0.15, 0.2) is 0 Å². The van der Waals surface area contributed by atoms with Crippen molar-refractivity contribution in [3.8, 4) is 21.0 Å². The molecule has 0 aliphatic rings. The van der Waals surface area contributed by atoms with Gasteiger partial charge in [0, 0.05) is 26.4 Å². The summed E-state index contributed by atoms with van der Waals surface area (Å²) in [6.45, 7) is 4.22. The predicted molar refractivity (Wildman–Crippen MR) is 91.3 cm³/mol. The Bertz CT molecular complexity index is 858. The third-order valence-electron chi connectivity index (χ3n) is 3.26. The van der Waals surface area contributed by atoms with E-state index in [1.165, 1.54) is 26.2 Å². The van der Waals surface area contributed by atoms with E-state index in [2.05, 4.69) is 52.7 Å². The van der Waals surface area contributed by atoms with Crippen LogP contribution in [0, 0.1) is 13.8 Å². The van der Waals surface area contributed by atoms with Crippen molar-refractivity contribution >= 4 is 44.4 Å². The van der Waals surface area contributed by atoms with E-state index < -0.39 is 0 Å². The molecule has 4 rings (SSSR count). The topological polar surface area (TPSA) is 38.7 Å². The number of fused-ring (bicyclic) bond motifs is 1. The van der Waals surface area contributed by atoms with Crippen LogP contribution in [0.15, 0.2) is 30.5 Å². The summed E-state index contributed by atoms with van der Waals surface area (Å²) in [5, 5.41) is 4.31. The first-order valence-corrected chi connectivity index (χ1v) is 8.88. The molecule has 0 spiro atoms. The first-order valence-electron chi connectivity index (χ1n) is 6.47. The summed E-state index contributed by atoms with van der Waals surface area (Å²) in [4.78, 5) is 9.63. The van der Waals surface area contributed by atoms with Gasteiger partial charge in [-0.15, -0.1) is 27.8 Å². The van der Waals surface area contributed by atoms with Gasteiger partial charge in [0.05, 0.1) is 9.58 Å². The average Bonchev–Trinajstić information content (AvgIpc) is 3.18. The van der Waals surface area contributed by atoms with Crippen molar-refractivity contribution < 1.29 is 0 Å². The zero-order chi connectivity index (χ0) is 14.4. The molecule has 4 aromatic heterocycles. The molecular formula is C15H11N3S3. The van der Waals surface area contributed by atoms with E-state index in [0.29, 0.717) is 0 Å². The van der Waals surface area contributed by atoms with Gasteiger partial charge in [0.25, 0.3) is 0 Å². The van der Waals surface area contributed by atoms with E-state index in [0.717, 1.165) is 26.4 Å². The van der Waals surface area contributed by atoms with E-state index in [-0.39, 0.29) is 0 Å². The highest BCUT2D eigenvalue weighted by atomic mass is 32.1. The van der Waals surface area contributed by atoms with Gasteiger partial charge in [0.1, 0.15) is 11.2 Å². The van der Waals surface area contributed by atoms with Crippen LogP contribution in [0.2, 0.25) is 0 Å². The average molecular weight is 329 g/mol. The lowest BCUT2D eigenvalue weighted by Crippen LogP contribution is -1.85.